The number of rotatable bonds is 16. The Hall–Kier alpha value is -9.52. The zero-order valence-electron chi connectivity index (χ0n) is 37.7. The van der Waals surface area contributed by atoms with Crippen molar-refractivity contribution in [2.24, 2.45) is 0 Å². The van der Waals surface area contributed by atoms with Crippen molar-refractivity contribution in [2.75, 3.05) is 33.0 Å². The Balaban J connectivity index is 0.000000242. The molecule has 8 aromatic rings. The lowest BCUT2D eigenvalue weighted by atomic mass is 10.2. The van der Waals surface area contributed by atoms with Gasteiger partial charge in [0.25, 0.3) is 0 Å². The predicted molar refractivity (Wildman–Crippen MR) is 244 cm³/mol. The summed E-state index contributed by atoms with van der Waals surface area (Å²) < 4.78 is 77.4. The summed E-state index contributed by atoms with van der Waals surface area (Å²) in [5.41, 5.74) is -0.922. The number of hydrogen-bond donors (Lipinski definition) is 1. The Morgan fingerprint density at radius 3 is 1.33 bits per heavy atom. The summed E-state index contributed by atoms with van der Waals surface area (Å²) >= 11 is 0. The van der Waals surface area contributed by atoms with E-state index in [4.69, 9.17) is 65.6 Å². The summed E-state index contributed by atoms with van der Waals surface area (Å²) in [6.45, 7) is 1.98. The molecule has 4 aromatic carbocycles. The van der Waals surface area contributed by atoms with E-state index in [1.807, 2.05) is 6.92 Å². The molecular weight excluding hydrogens is 959 g/mol. The number of aryl methyl sites for hydroxylation is 1. The van der Waals surface area contributed by atoms with Gasteiger partial charge in [-0.15, -0.1) is 0 Å². The molecule has 0 fully saturated rings. The molecule has 2 unspecified atom stereocenters. The van der Waals surface area contributed by atoms with Gasteiger partial charge in [-0.1, -0.05) is 31.2 Å². The van der Waals surface area contributed by atoms with Gasteiger partial charge in [0.05, 0.1) is 12.9 Å². The van der Waals surface area contributed by atoms with Crippen LogP contribution in [-0.4, -0.2) is 74.7 Å². The van der Waals surface area contributed by atoms with Gasteiger partial charge in [-0.25, -0.2) is 18.4 Å². The highest BCUT2D eigenvalue weighted by Crippen LogP contribution is 2.28. The normalized spacial score (nSPS) is 11.2. The minimum Gasteiger partial charge on any atom is -0.489 e. The molecule has 1 N–H and O–H groups in total. The quantitative estimate of drug-likeness (QED) is 0.0989. The average Bonchev–Trinajstić information content (AvgIpc) is 3.36. The molecule has 4 aromatic heterocycles. The van der Waals surface area contributed by atoms with Crippen molar-refractivity contribution in [3.63, 3.8) is 0 Å². The van der Waals surface area contributed by atoms with Gasteiger partial charge in [0.15, 0.2) is 34.1 Å². The maximum absolute atomic E-state index is 14.6. The van der Waals surface area contributed by atoms with Crippen LogP contribution in [0.5, 0.6) is 23.0 Å². The summed E-state index contributed by atoms with van der Waals surface area (Å²) in [6.07, 6.45) is -0.836. The fourth-order valence-electron chi connectivity index (χ4n) is 6.57. The SMILES string of the molecule is CCOC(=O)c1cc(=O)c2c(OCC(F)COc3cccc4oc(CC)cc(=O)c34)cccc2o1.O=C(O)c1cc(=O)c2c(OCC(F)COc3cccc4occc(=O)c34)cccc2o1.O=C=O.O=C=O. The number of aromatic carboxylic acids is 1. The van der Waals surface area contributed by atoms with Crippen molar-refractivity contribution in [3.8, 4) is 23.0 Å². The maximum Gasteiger partial charge on any atom is 0.374 e. The number of esters is 1. The zero-order valence-corrected chi connectivity index (χ0v) is 37.7. The van der Waals surface area contributed by atoms with Gasteiger partial charge in [-0.2, -0.15) is 19.2 Å². The highest BCUT2D eigenvalue weighted by Gasteiger charge is 2.20. The van der Waals surface area contributed by atoms with Crippen LogP contribution in [0, 0.1) is 0 Å². The molecule has 72 heavy (non-hydrogen) atoms. The Bertz CT molecular complexity index is 3510. The molecule has 0 saturated heterocycles. The third-order valence-electron chi connectivity index (χ3n) is 9.56. The maximum atomic E-state index is 14.6. The van der Waals surface area contributed by atoms with Crippen molar-refractivity contribution in [1.82, 2.24) is 0 Å². The van der Waals surface area contributed by atoms with Crippen molar-refractivity contribution in [3.05, 3.63) is 161 Å². The van der Waals surface area contributed by atoms with Gasteiger partial charge in [0, 0.05) is 30.7 Å². The Morgan fingerprint density at radius 2 is 0.917 bits per heavy atom. The first-order valence-corrected chi connectivity index (χ1v) is 21.1. The lowest BCUT2D eigenvalue weighted by Crippen LogP contribution is -2.22. The first-order valence-electron chi connectivity index (χ1n) is 21.1. The van der Waals surface area contributed by atoms with E-state index in [0.717, 1.165) is 12.1 Å². The van der Waals surface area contributed by atoms with Crippen LogP contribution in [0.25, 0.3) is 43.9 Å². The van der Waals surface area contributed by atoms with Crippen molar-refractivity contribution in [2.45, 2.75) is 32.6 Å². The predicted octanol–water partition coefficient (Wildman–Crippen LogP) is 6.66. The van der Waals surface area contributed by atoms with E-state index in [-0.39, 0.29) is 97.8 Å². The number of carbonyl (C=O) groups excluding carboxylic acids is 5. The second-order valence-electron chi connectivity index (χ2n) is 14.3. The smallest absolute Gasteiger partial charge is 0.374 e. The minimum atomic E-state index is -1.59. The highest BCUT2D eigenvalue weighted by molar-refractivity contribution is 5.91. The van der Waals surface area contributed by atoms with E-state index < -0.39 is 60.7 Å². The summed E-state index contributed by atoms with van der Waals surface area (Å²) in [4.78, 5) is 105. The van der Waals surface area contributed by atoms with Gasteiger partial charge in [0.1, 0.15) is 99.1 Å². The molecular formula is C50H38F2O20. The van der Waals surface area contributed by atoms with Crippen molar-refractivity contribution < 1.29 is 84.0 Å². The average molecular weight is 997 g/mol. The zero-order chi connectivity index (χ0) is 52.3. The van der Waals surface area contributed by atoms with Gasteiger partial charge < -0.3 is 46.5 Å². The summed E-state index contributed by atoms with van der Waals surface area (Å²) in [5, 5.41) is 9.53. The van der Waals surface area contributed by atoms with Crippen LogP contribution in [0.1, 0.15) is 40.7 Å². The molecule has 0 saturated carbocycles. The number of carbonyl (C=O) groups is 2. The second kappa shape index (κ2) is 25.7. The van der Waals surface area contributed by atoms with E-state index in [1.165, 1.54) is 54.8 Å². The summed E-state index contributed by atoms with van der Waals surface area (Å²) in [6, 6.07) is 23.0. The monoisotopic (exact) mass is 996 g/mol. The van der Waals surface area contributed by atoms with Crippen LogP contribution in [0.3, 0.4) is 0 Å². The number of halogens is 2. The molecule has 22 heteroatoms. The molecule has 20 nitrogen and oxygen atoms in total. The molecule has 0 aliphatic rings. The van der Waals surface area contributed by atoms with E-state index in [2.05, 4.69) is 0 Å². The Morgan fingerprint density at radius 1 is 0.542 bits per heavy atom. The number of ether oxygens (including phenoxy) is 5. The van der Waals surface area contributed by atoms with E-state index >= 15 is 0 Å². The van der Waals surface area contributed by atoms with Crippen LogP contribution in [0.15, 0.2) is 140 Å². The third-order valence-corrected chi connectivity index (χ3v) is 9.56. The van der Waals surface area contributed by atoms with Crippen LogP contribution >= 0.6 is 0 Å². The lowest BCUT2D eigenvalue weighted by Gasteiger charge is -2.14. The largest absolute Gasteiger partial charge is 0.489 e. The van der Waals surface area contributed by atoms with Gasteiger partial charge in [0.2, 0.25) is 11.5 Å². The lowest BCUT2D eigenvalue weighted by molar-refractivity contribution is -0.193. The van der Waals surface area contributed by atoms with Gasteiger partial charge in [-0.05, 0) is 55.5 Å². The number of alkyl halides is 2. The van der Waals surface area contributed by atoms with Crippen molar-refractivity contribution in [1.29, 1.82) is 0 Å². The number of benzene rings is 4. The van der Waals surface area contributed by atoms with Gasteiger partial charge >= 0.3 is 24.2 Å². The van der Waals surface area contributed by atoms with Crippen molar-refractivity contribution >= 4 is 68.1 Å². The summed E-state index contributed by atoms with van der Waals surface area (Å²) in [5.74, 6) is -1.79. The Labute approximate surface area is 401 Å². The summed E-state index contributed by atoms with van der Waals surface area (Å²) in [7, 11) is 0. The van der Waals surface area contributed by atoms with Gasteiger partial charge in [-0.3, -0.25) is 19.2 Å². The van der Waals surface area contributed by atoms with Crippen LogP contribution in [0.2, 0.25) is 0 Å². The first kappa shape index (κ1) is 53.4. The standard InChI is InChI=1S/C26H23FO8.C22H15FO8.2CO2/c1-3-16-11-17(28)24-19(7-5-9-21(24)34-16)32-13-15(27)14-33-20-8-6-10-22-25(20)18(29)12-23(35-22)26(30)31-4-2;23-12(10-29-16-4-1-3-15-20(16)13(24)7-8-28-15)11-30-17-5-2-6-18-21(17)14(25)9-19(31-18)22(26)27;2*2-1-3/h5-12,15H,3-4,13-14H2,1-2H3;1-9,12H,10-11H2,(H,26,27);;. The minimum absolute atomic E-state index is 0.00674. The van der Waals surface area contributed by atoms with E-state index in [9.17, 15) is 37.5 Å². The molecule has 4 heterocycles. The molecule has 8 rings (SSSR count). The van der Waals surface area contributed by atoms with E-state index in [0.29, 0.717) is 23.3 Å². The molecule has 0 radical (unpaired) electrons. The van der Waals surface area contributed by atoms with Crippen LogP contribution in [0.4, 0.5) is 8.78 Å². The second-order valence-corrected chi connectivity index (χ2v) is 14.3. The molecule has 0 amide bonds. The topological polar surface area (TPSA) is 290 Å². The van der Waals surface area contributed by atoms with Crippen LogP contribution < -0.4 is 40.7 Å². The molecule has 0 aliphatic heterocycles. The molecule has 2 atom stereocenters. The third kappa shape index (κ3) is 13.6. The van der Waals surface area contributed by atoms with E-state index in [1.54, 1.807) is 43.3 Å². The molecule has 0 bridgehead atoms. The molecule has 0 spiro atoms. The fourth-order valence-corrected chi connectivity index (χ4v) is 6.57. The molecule has 0 aliphatic carbocycles. The highest BCUT2D eigenvalue weighted by atomic mass is 19.1. The number of carboxylic acid groups (broad SMARTS) is 1. The van der Waals surface area contributed by atoms with Crippen LogP contribution in [-0.2, 0) is 30.3 Å². The fraction of sp³-hybridized carbons (Fsp3) is 0.200. The first-order chi connectivity index (χ1) is 34.7. The number of hydrogen-bond acceptors (Lipinski definition) is 19. The molecule has 372 valence electrons. The number of carboxylic acids is 1. The number of fused-ring (bicyclic) bond motifs is 4. The Kier molecular flexibility index (Phi) is 19.1.